The maximum Gasteiger partial charge on any atom is 0.0465 e. The number of fused-ring (bicyclic) bond motifs is 6. The maximum atomic E-state index is 2.47. The largest absolute Gasteiger partial charge is 0.310 e. The predicted molar refractivity (Wildman–Crippen MR) is 263 cm³/mol. The van der Waals surface area contributed by atoms with Gasteiger partial charge in [0.1, 0.15) is 0 Å². The molecule has 0 aliphatic heterocycles. The molecule has 0 fully saturated rings. The molecule has 296 valence electrons. The minimum Gasteiger partial charge on any atom is -0.310 e. The normalized spacial score (nSPS) is 12.7. The zero-order valence-corrected chi connectivity index (χ0v) is 35.4. The van der Waals surface area contributed by atoms with Crippen LogP contribution < -0.4 is 4.90 Å². The Morgan fingerprint density at radius 3 is 1.66 bits per heavy atom. The summed E-state index contributed by atoms with van der Waals surface area (Å²) in [6.45, 7) is 6.96. The lowest BCUT2D eigenvalue weighted by Gasteiger charge is -2.30. The molecule has 0 atom stereocenters. The van der Waals surface area contributed by atoms with Crippen LogP contribution in [0.15, 0.2) is 224 Å². The minimum absolute atomic E-state index is 0.00894. The molecule has 0 saturated carbocycles. The van der Waals surface area contributed by atoms with Crippen LogP contribution in [-0.4, -0.2) is 0 Å². The molecule has 0 unspecified atom stereocenters. The van der Waals surface area contributed by atoms with Gasteiger partial charge in [0.15, 0.2) is 0 Å². The van der Waals surface area contributed by atoms with E-state index < -0.39 is 0 Å². The molecule has 11 rings (SSSR count). The number of hydrogen-bond donors (Lipinski definition) is 0. The van der Waals surface area contributed by atoms with Crippen molar-refractivity contribution in [3.8, 4) is 33.4 Å². The number of hydrogen-bond acceptors (Lipinski definition) is 1. The van der Waals surface area contributed by atoms with E-state index in [1.54, 1.807) is 0 Å². The highest BCUT2D eigenvalue weighted by Crippen LogP contribution is 2.51. The van der Waals surface area contributed by atoms with Gasteiger partial charge in [-0.15, -0.1) is 0 Å². The molecular formula is C61H47N. The number of rotatable bonds is 8. The van der Waals surface area contributed by atoms with Crippen molar-refractivity contribution in [3.63, 3.8) is 0 Å². The van der Waals surface area contributed by atoms with E-state index in [1.807, 2.05) is 0 Å². The molecule has 0 N–H and O–H groups in total. The molecule has 0 bridgehead atoms. The van der Waals surface area contributed by atoms with Gasteiger partial charge in [-0.05, 0) is 138 Å². The Morgan fingerprint density at radius 2 is 0.919 bits per heavy atom. The fourth-order valence-corrected chi connectivity index (χ4v) is 10.2. The van der Waals surface area contributed by atoms with E-state index in [0.29, 0.717) is 0 Å². The van der Waals surface area contributed by atoms with Crippen LogP contribution in [0.4, 0.5) is 17.1 Å². The number of aryl methyl sites for hydroxylation is 1. The maximum absolute atomic E-state index is 2.47. The van der Waals surface area contributed by atoms with E-state index in [1.165, 1.54) is 88.3 Å². The van der Waals surface area contributed by atoms with Gasteiger partial charge >= 0.3 is 0 Å². The molecule has 0 heterocycles. The zero-order chi connectivity index (χ0) is 41.8. The van der Waals surface area contributed by atoms with Crippen LogP contribution in [-0.2, 0) is 5.41 Å². The van der Waals surface area contributed by atoms with Gasteiger partial charge in [0, 0.05) is 28.4 Å². The van der Waals surface area contributed by atoms with Crippen LogP contribution in [0.2, 0.25) is 0 Å². The first-order chi connectivity index (χ1) is 30.4. The summed E-state index contributed by atoms with van der Waals surface area (Å²) in [5.41, 5.74) is 18.6. The summed E-state index contributed by atoms with van der Waals surface area (Å²) in [5, 5.41) is 5.09. The van der Waals surface area contributed by atoms with Crippen molar-refractivity contribution >= 4 is 38.6 Å². The van der Waals surface area contributed by atoms with Gasteiger partial charge in [-0.25, -0.2) is 0 Å². The van der Waals surface area contributed by atoms with Crippen LogP contribution in [0.5, 0.6) is 0 Å². The average molecular weight is 794 g/mol. The molecular weight excluding hydrogens is 747 g/mol. The summed E-state index contributed by atoms with van der Waals surface area (Å²) < 4.78 is 0. The van der Waals surface area contributed by atoms with Crippen LogP contribution in [0.3, 0.4) is 0 Å². The Hall–Kier alpha value is -7.48. The Morgan fingerprint density at radius 1 is 0.371 bits per heavy atom. The lowest BCUT2D eigenvalue weighted by atomic mass is 9.80. The Bertz CT molecular complexity index is 3230. The minimum atomic E-state index is -0.134. The number of benzene rings is 10. The molecule has 0 saturated heterocycles. The molecule has 10 aromatic rings. The summed E-state index contributed by atoms with van der Waals surface area (Å²) in [4.78, 5) is 2.47. The Balaban J connectivity index is 1.10. The van der Waals surface area contributed by atoms with Crippen molar-refractivity contribution in [1.29, 1.82) is 0 Å². The van der Waals surface area contributed by atoms with E-state index in [4.69, 9.17) is 0 Å². The highest BCUT2D eigenvalue weighted by molar-refractivity contribution is 6.08. The predicted octanol–water partition coefficient (Wildman–Crippen LogP) is 16.6. The third-order valence-corrected chi connectivity index (χ3v) is 13.3. The molecule has 62 heavy (non-hydrogen) atoms. The summed E-state index contributed by atoms with van der Waals surface area (Å²) in [7, 11) is 0. The summed E-state index contributed by atoms with van der Waals surface area (Å²) in [6, 6.07) is 83.1. The lowest BCUT2D eigenvalue weighted by molar-refractivity contribution is 0.660. The second kappa shape index (κ2) is 15.2. The average Bonchev–Trinajstić information content (AvgIpc) is 3.55. The second-order valence-electron chi connectivity index (χ2n) is 17.3. The molecule has 0 radical (unpaired) electrons. The highest BCUT2D eigenvalue weighted by atomic mass is 15.1. The lowest BCUT2D eigenvalue weighted by Crippen LogP contribution is -2.17. The zero-order valence-electron chi connectivity index (χ0n) is 35.4. The van der Waals surface area contributed by atoms with Gasteiger partial charge in [-0.3, -0.25) is 0 Å². The quantitative estimate of drug-likeness (QED) is 0.109. The summed E-state index contributed by atoms with van der Waals surface area (Å²) in [6.07, 6.45) is 0. The Labute approximate surface area is 365 Å². The van der Waals surface area contributed by atoms with Gasteiger partial charge < -0.3 is 4.90 Å². The molecule has 10 aromatic carbocycles. The van der Waals surface area contributed by atoms with E-state index in [0.717, 1.165) is 17.1 Å². The standard InChI is InChI=1S/C61H47N/c1-41-16-10-12-22-51(41)54-36-33-49(39-57(54)60(44-18-6-4-7-19-44)45-20-8-5-9-21-45)62(50-34-37-56-55-24-14-15-25-58(55)61(2,3)59(56)40-50)48-31-28-42(29-32-48)46-30-35-53-47(38-46)27-26-43-17-11-13-23-52(43)53/h4-40,60H,1-3H3. The highest BCUT2D eigenvalue weighted by Gasteiger charge is 2.36. The second-order valence-corrected chi connectivity index (χ2v) is 17.3. The Kier molecular flexibility index (Phi) is 9.20. The van der Waals surface area contributed by atoms with Crippen molar-refractivity contribution in [3.05, 3.63) is 258 Å². The van der Waals surface area contributed by atoms with E-state index in [-0.39, 0.29) is 11.3 Å². The summed E-state index contributed by atoms with van der Waals surface area (Å²) >= 11 is 0. The van der Waals surface area contributed by atoms with Gasteiger partial charge in [0.25, 0.3) is 0 Å². The van der Waals surface area contributed by atoms with Crippen molar-refractivity contribution < 1.29 is 0 Å². The molecule has 1 nitrogen and oxygen atoms in total. The van der Waals surface area contributed by atoms with Crippen molar-refractivity contribution in [1.82, 2.24) is 0 Å². The fraction of sp³-hybridized carbons (Fsp3) is 0.0820. The fourth-order valence-electron chi connectivity index (χ4n) is 10.2. The molecule has 1 aliphatic carbocycles. The first kappa shape index (κ1) is 37.5. The number of anilines is 3. The SMILES string of the molecule is Cc1ccccc1-c1ccc(N(c2ccc(-c3ccc4c(ccc5ccccc54)c3)cc2)c2ccc3c(c2)C(C)(C)c2ccccc2-3)cc1C(c1ccccc1)c1ccccc1. The van der Waals surface area contributed by atoms with Gasteiger partial charge in [0.2, 0.25) is 0 Å². The third-order valence-electron chi connectivity index (χ3n) is 13.3. The third kappa shape index (κ3) is 6.41. The van der Waals surface area contributed by atoms with Gasteiger partial charge in [0.05, 0.1) is 0 Å². The number of nitrogens with zero attached hydrogens (tertiary/aromatic N) is 1. The van der Waals surface area contributed by atoms with Crippen LogP contribution in [0.25, 0.3) is 54.9 Å². The van der Waals surface area contributed by atoms with Gasteiger partial charge in [-0.1, -0.05) is 196 Å². The first-order valence-corrected chi connectivity index (χ1v) is 21.8. The van der Waals surface area contributed by atoms with Crippen molar-refractivity contribution in [2.45, 2.75) is 32.1 Å². The molecule has 0 amide bonds. The van der Waals surface area contributed by atoms with E-state index in [2.05, 4.69) is 250 Å². The van der Waals surface area contributed by atoms with Crippen molar-refractivity contribution in [2.24, 2.45) is 0 Å². The van der Waals surface area contributed by atoms with Gasteiger partial charge in [-0.2, -0.15) is 0 Å². The summed E-state index contributed by atoms with van der Waals surface area (Å²) in [5.74, 6) is 0.00894. The molecule has 0 spiro atoms. The topological polar surface area (TPSA) is 3.24 Å². The first-order valence-electron chi connectivity index (χ1n) is 21.8. The van der Waals surface area contributed by atoms with E-state index in [9.17, 15) is 0 Å². The molecule has 1 heteroatoms. The molecule has 1 aliphatic rings. The van der Waals surface area contributed by atoms with E-state index >= 15 is 0 Å². The van der Waals surface area contributed by atoms with Crippen LogP contribution >= 0.6 is 0 Å². The smallest absolute Gasteiger partial charge is 0.0465 e. The van der Waals surface area contributed by atoms with Crippen LogP contribution in [0, 0.1) is 6.92 Å². The van der Waals surface area contributed by atoms with Crippen molar-refractivity contribution in [2.75, 3.05) is 4.90 Å². The monoisotopic (exact) mass is 793 g/mol. The van der Waals surface area contributed by atoms with Crippen LogP contribution in [0.1, 0.15) is 53.1 Å². The molecule has 0 aromatic heterocycles.